The summed E-state index contributed by atoms with van der Waals surface area (Å²) in [6, 6.07) is 0.0670. The van der Waals surface area contributed by atoms with E-state index in [9.17, 15) is 0 Å². The van der Waals surface area contributed by atoms with E-state index in [-0.39, 0.29) is 6.04 Å². The molecule has 1 nitrogen and oxygen atoms in total. The van der Waals surface area contributed by atoms with E-state index in [0.29, 0.717) is 0 Å². The molecule has 0 saturated carbocycles. The van der Waals surface area contributed by atoms with Gasteiger partial charge >= 0.3 is 0 Å². The topological polar surface area (TPSA) is 26.0 Å². The van der Waals surface area contributed by atoms with Gasteiger partial charge in [-0.15, -0.1) is 0 Å². The molecule has 0 amide bonds. The largest absolute Gasteiger partial charge is 0.324 e. The summed E-state index contributed by atoms with van der Waals surface area (Å²) >= 11 is 0. The van der Waals surface area contributed by atoms with Crippen molar-refractivity contribution in [3.63, 3.8) is 0 Å². The smallest absolute Gasteiger partial charge is 0.0268 e. The first kappa shape index (κ1) is 12.9. The molecule has 0 aromatic heterocycles. The number of hydrogen-bond donors (Lipinski definition) is 1. The third-order valence-corrected chi connectivity index (χ3v) is 2.03. The molecule has 1 unspecified atom stereocenters. The quantitative estimate of drug-likeness (QED) is 0.662. The third-order valence-electron chi connectivity index (χ3n) is 2.03. The Hall–Kier alpha value is -1.08. The van der Waals surface area contributed by atoms with E-state index >= 15 is 0 Å². The average molecular weight is 191 g/mol. The highest BCUT2D eigenvalue weighted by molar-refractivity contribution is 5.38. The molecule has 0 saturated heterocycles. The van der Waals surface area contributed by atoms with Gasteiger partial charge in [-0.25, -0.2) is 0 Å². The van der Waals surface area contributed by atoms with Crippen LogP contribution in [0.25, 0.3) is 0 Å². The summed E-state index contributed by atoms with van der Waals surface area (Å²) in [4.78, 5) is 0. The van der Waals surface area contributed by atoms with Gasteiger partial charge < -0.3 is 5.73 Å². The maximum Gasteiger partial charge on any atom is 0.0268 e. The van der Waals surface area contributed by atoms with Crippen molar-refractivity contribution in [2.24, 2.45) is 5.73 Å². The normalized spacial score (nSPS) is 16.0. The molecule has 0 heterocycles. The molecule has 0 spiro atoms. The highest BCUT2D eigenvalue weighted by Gasteiger charge is 2.06. The van der Waals surface area contributed by atoms with Gasteiger partial charge in [0.25, 0.3) is 0 Å². The van der Waals surface area contributed by atoms with Crippen LogP contribution in [0.3, 0.4) is 0 Å². The highest BCUT2D eigenvalue weighted by atomic mass is 14.6. The summed E-state index contributed by atoms with van der Waals surface area (Å²) in [5, 5.41) is 0. The van der Waals surface area contributed by atoms with Crippen molar-refractivity contribution in [3.05, 3.63) is 48.1 Å². The first-order valence-electron chi connectivity index (χ1n) is 5.07. The van der Waals surface area contributed by atoms with Crippen molar-refractivity contribution in [2.75, 3.05) is 0 Å². The lowest BCUT2D eigenvalue weighted by molar-refractivity contribution is 0.852. The molecule has 0 aromatic carbocycles. The fourth-order valence-electron chi connectivity index (χ4n) is 1.31. The van der Waals surface area contributed by atoms with Gasteiger partial charge in [-0.2, -0.15) is 0 Å². The average Bonchev–Trinajstić information content (AvgIpc) is 2.16. The highest BCUT2D eigenvalue weighted by Crippen LogP contribution is 2.17. The Kier molecular flexibility index (Phi) is 6.77. The molecule has 0 aliphatic carbocycles. The van der Waals surface area contributed by atoms with Crippen molar-refractivity contribution >= 4 is 0 Å². The van der Waals surface area contributed by atoms with Crippen LogP contribution >= 0.6 is 0 Å². The van der Waals surface area contributed by atoms with Crippen molar-refractivity contribution in [2.45, 2.75) is 33.2 Å². The maximum absolute atomic E-state index is 5.91. The minimum atomic E-state index is 0.0670. The maximum atomic E-state index is 5.91. The zero-order valence-electron chi connectivity index (χ0n) is 9.46. The Labute approximate surface area is 87.7 Å². The Balaban J connectivity index is 4.97. The van der Waals surface area contributed by atoms with Gasteiger partial charge in [0.05, 0.1) is 0 Å². The van der Waals surface area contributed by atoms with E-state index in [2.05, 4.69) is 19.6 Å². The minimum absolute atomic E-state index is 0.0670. The van der Waals surface area contributed by atoms with Crippen LogP contribution in [0, 0.1) is 0 Å². The van der Waals surface area contributed by atoms with E-state index in [1.54, 1.807) is 0 Å². The number of nitrogens with two attached hydrogens (primary N) is 1. The lowest BCUT2D eigenvalue weighted by Crippen LogP contribution is -2.19. The van der Waals surface area contributed by atoms with Crippen LogP contribution in [0.15, 0.2) is 48.1 Å². The molecule has 0 bridgehead atoms. The summed E-state index contributed by atoms with van der Waals surface area (Å²) < 4.78 is 0. The molecule has 1 heteroatoms. The van der Waals surface area contributed by atoms with Crippen LogP contribution in [0.1, 0.15) is 27.2 Å². The van der Waals surface area contributed by atoms with Gasteiger partial charge in [0.2, 0.25) is 0 Å². The molecule has 2 N–H and O–H groups in total. The van der Waals surface area contributed by atoms with Crippen LogP contribution < -0.4 is 5.73 Å². The zero-order chi connectivity index (χ0) is 11.0. The van der Waals surface area contributed by atoms with Gasteiger partial charge in [0.1, 0.15) is 0 Å². The third kappa shape index (κ3) is 4.24. The van der Waals surface area contributed by atoms with Crippen LogP contribution in [0.4, 0.5) is 0 Å². The van der Waals surface area contributed by atoms with Gasteiger partial charge in [-0.1, -0.05) is 43.9 Å². The van der Waals surface area contributed by atoms with E-state index in [4.69, 9.17) is 5.73 Å². The van der Waals surface area contributed by atoms with Crippen LogP contribution in [0.2, 0.25) is 0 Å². The second-order valence-corrected chi connectivity index (χ2v) is 3.22. The van der Waals surface area contributed by atoms with Gasteiger partial charge in [-0.3, -0.25) is 0 Å². The van der Waals surface area contributed by atoms with Gasteiger partial charge in [-0.05, 0) is 31.4 Å². The number of hydrogen-bond acceptors (Lipinski definition) is 1. The predicted molar refractivity (Wildman–Crippen MR) is 65.1 cm³/mol. The molecular weight excluding hydrogens is 170 g/mol. The standard InChI is InChI=1S/C13H21N/c1-5-8-10-13(11(4)14)12(7-3)9-6-2/h5-6,8-11H,2,7,14H2,1,3-4H3/b8-5-,12-9-,13-10-. The summed E-state index contributed by atoms with van der Waals surface area (Å²) in [6.07, 6.45) is 10.9. The second-order valence-electron chi connectivity index (χ2n) is 3.22. The number of rotatable bonds is 5. The van der Waals surface area contributed by atoms with Crippen molar-refractivity contribution < 1.29 is 0 Å². The lowest BCUT2D eigenvalue weighted by atomic mass is 9.97. The Morgan fingerprint density at radius 3 is 2.43 bits per heavy atom. The Bertz CT molecular complexity index is 254. The SMILES string of the molecule is C=C\C=C(CC)/C(=C\C=C/C)C(C)N. The number of allylic oxidation sites excluding steroid dienone is 5. The molecule has 0 fully saturated rings. The van der Waals surface area contributed by atoms with Crippen LogP contribution in [-0.2, 0) is 0 Å². The molecule has 0 aliphatic rings. The zero-order valence-corrected chi connectivity index (χ0v) is 9.46. The molecule has 78 valence electrons. The summed E-state index contributed by atoms with van der Waals surface area (Å²) in [7, 11) is 0. The van der Waals surface area contributed by atoms with Gasteiger partial charge in [0.15, 0.2) is 0 Å². The van der Waals surface area contributed by atoms with E-state index in [0.717, 1.165) is 6.42 Å². The molecular formula is C13H21N. The fourth-order valence-corrected chi connectivity index (χ4v) is 1.31. The van der Waals surface area contributed by atoms with E-state index < -0.39 is 0 Å². The second kappa shape index (κ2) is 7.34. The molecule has 1 atom stereocenters. The van der Waals surface area contributed by atoms with E-state index in [1.165, 1.54) is 11.1 Å². The Morgan fingerprint density at radius 2 is 2.07 bits per heavy atom. The first-order chi connectivity index (χ1) is 6.67. The van der Waals surface area contributed by atoms with Crippen molar-refractivity contribution in [1.82, 2.24) is 0 Å². The van der Waals surface area contributed by atoms with Crippen LogP contribution in [0.5, 0.6) is 0 Å². The summed E-state index contributed by atoms with van der Waals surface area (Å²) in [5.41, 5.74) is 8.35. The van der Waals surface area contributed by atoms with Crippen molar-refractivity contribution in [1.29, 1.82) is 0 Å². The van der Waals surface area contributed by atoms with Gasteiger partial charge in [0, 0.05) is 6.04 Å². The first-order valence-corrected chi connectivity index (χ1v) is 5.07. The lowest BCUT2D eigenvalue weighted by Gasteiger charge is -2.13. The van der Waals surface area contributed by atoms with Crippen LogP contribution in [-0.4, -0.2) is 6.04 Å². The molecule has 14 heavy (non-hydrogen) atoms. The predicted octanol–water partition coefficient (Wildman–Crippen LogP) is 3.36. The molecule has 0 radical (unpaired) electrons. The summed E-state index contributed by atoms with van der Waals surface area (Å²) in [5.74, 6) is 0. The molecule has 0 rings (SSSR count). The van der Waals surface area contributed by atoms with E-state index in [1.807, 2.05) is 38.2 Å². The van der Waals surface area contributed by atoms with Crippen molar-refractivity contribution in [3.8, 4) is 0 Å². The summed E-state index contributed by atoms with van der Waals surface area (Å²) in [6.45, 7) is 9.83. The Morgan fingerprint density at radius 1 is 1.43 bits per heavy atom. The molecule has 0 aliphatic heterocycles. The monoisotopic (exact) mass is 191 g/mol. The fraction of sp³-hybridized carbons (Fsp3) is 0.385. The minimum Gasteiger partial charge on any atom is -0.324 e. The molecule has 0 aromatic rings.